The Hall–Kier alpha value is -7.09. The number of benzene rings is 5. The van der Waals surface area contributed by atoms with Gasteiger partial charge in [0.25, 0.3) is 0 Å². The molecule has 5 aromatic carbocycles. The van der Waals surface area contributed by atoms with E-state index in [1.54, 1.807) is 32.6 Å². The van der Waals surface area contributed by atoms with Crippen molar-refractivity contribution in [3.63, 3.8) is 0 Å². The Bertz CT molecular complexity index is 2620. The monoisotopic (exact) mass is 818 g/mol. The van der Waals surface area contributed by atoms with Gasteiger partial charge < -0.3 is 33.6 Å². The highest BCUT2D eigenvalue weighted by molar-refractivity contribution is 5.90. The average Bonchev–Trinajstić information content (AvgIpc) is 3.97. The van der Waals surface area contributed by atoms with Crippen LogP contribution >= 0.6 is 0 Å². The number of aryl methyl sites for hydroxylation is 1. The van der Waals surface area contributed by atoms with Crippen molar-refractivity contribution in [2.45, 2.75) is 64.8 Å². The Balaban J connectivity index is 1.17. The molecule has 0 radical (unpaired) electrons. The minimum atomic E-state index is -1.48. The second-order valence-electron chi connectivity index (χ2n) is 15.4. The summed E-state index contributed by atoms with van der Waals surface area (Å²) in [5.41, 5.74) is 4.34. The molecule has 13 heteroatoms. The van der Waals surface area contributed by atoms with Crippen LogP contribution in [-0.2, 0) is 33.0 Å². The number of esters is 1. The average molecular weight is 819 g/mol. The van der Waals surface area contributed by atoms with Crippen molar-refractivity contribution in [2.75, 3.05) is 6.61 Å². The summed E-state index contributed by atoms with van der Waals surface area (Å²) >= 11 is 0. The second-order valence-corrected chi connectivity index (χ2v) is 15.4. The third kappa shape index (κ3) is 7.65. The fourth-order valence-corrected chi connectivity index (χ4v) is 8.08. The lowest BCUT2D eigenvalue weighted by molar-refractivity contribution is -0.156. The standard InChI is InChI=1S/C48H46N6O7/c1-6-59-47(5)49-42(46(3,4)57)41(44(55)58-31-40-32(2)60-45(56)61-40)53(47)30-33-26-28-34(29-27-33)38-24-16-17-25-39(38)43-50-51-52-54(43)48(35-18-10-7-11-19-35,36-20-12-8-13-21-36)37-22-14-9-15-23-37/h7-29,49,57H,6,30-31H2,1-5H3. The molecule has 0 saturated heterocycles. The summed E-state index contributed by atoms with van der Waals surface area (Å²) in [5, 5.41) is 28.3. The maximum Gasteiger partial charge on any atom is 0.519 e. The summed E-state index contributed by atoms with van der Waals surface area (Å²) in [6, 6.07) is 46.8. The third-order valence-electron chi connectivity index (χ3n) is 10.9. The van der Waals surface area contributed by atoms with Crippen molar-refractivity contribution in [2.24, 2.45) is 0 Å². The molecule has 1 atom stereocenters. The summed E-state index contributed by atoms with van der Waals surface area (Å²) in [4.78, 5) is 27.3. The smallest absolute Gasteiger partial charge is 0.453 e. The number of carbonyl (C=O) groups is 1. The van der Waals surface area contributed by atoms with Gasteiger partial charge in [-0.1, -0.05) is 140 Å². The van der Waals surface area contributed by atoms with Crippen LogP contribution in [0.4, 0.5) is 0 Å². The first kappa shape index (κ1) is 40.7. The Morgan fingerprint density at radius 2 is 1.36 bits per heavy atom. The first-order valence-electron chi connectivity index (χ1n) is 20.0. The molecule has 0 fully saturated rings. The van der Waals surface area contributed by atoms with E-state index >= 15 is 0 Å². The number of tetrazole rings is 1. The molecule has 3 heterocycles. The highest BCUT2D eigenvalue weighted by atomic mass is 16.6. The van der Waals surface area contributed by atoms with Gasteiger partial charge in [-0.2, -0.15) is 0 Å². The molecule has 0 saturated carbocycles. The number of hydrogen-bond acceptors (Lipinski definition) is 12. The first-order valence-corrected chi connectivity index (χ1v) is 20.0. The van der Waals surface area contributed by atoms with Gasteiger partial charge in [0.1, 0.15) is 16.8 Å². The summed E-state index contributed by atoms with van der Waals surface area (Å²) in [6.07, 6.45) is 0. The number of carbonyl (C=O) groups excluding carboxylic acids is 1. The number of rotatable bonds is 14. The van der Waals surface area contributed by atoms with Gasteiger partial charge in [-0.3, -0.25) is 0 Å². The molecule has 0 bridgehead atoms. The molecular weight excluding hydrogens is 773 g/mol. The van der Waals surface area contributed by atoms with E-state index in [2.05, 4.69) is 46.9 Å². The topological polar surface area (TPSA) is 158 Å². The van der Waals surface area contributed by atoms with Gasteiger partial charge in [0.05, 0.1) is 5.70 Å². The summed E-state index contributed by atoms with van der Waals surface area (Å²) in [7, 11) is 0. The molecule has 0 amide bonds. The third-order valence-corrected chi connectivity index (χ3v) is 10.9. The van der Waals surface area contributed by atoms with Crippen molar-refractivity contribution in [3.05, 3.63) is 195 Å². The molecule has 2 N–H and O–H groups in total. The lowest BCUT2D eigenvalue weighted by Gasteiger charge is -2.37. The molecule has 8 rings (SSSR count). The van der Waals surface area contributed by atoms with Crippen LogP contribution in [0.25, 0.3) is 22.5 Å². The van der Waals surface area contributed by atoms with Gasteiger partial charge >= 0.3 is 11.8 Å². The van der Waals surface area contributed by atoms with E-state index in [0.717, 1.165) is 38.9 Å². The van der Waals surface area contributed by atoms with E-state index in [-0.39, 0.29) is 36.1 Å². The van der Waals surface area contributed by atoms with E-state index in [9.17, 15) is 14.7 Å². The minimum absolute atomic E-state index is 0.0759. The number of ether oxygens (including phenoxy) is 2. The highest BCUT2D eigenvalue weighted by Crippen LogP contribution is 2.44. The van der Waals surface area contributed by atoms with E-state index in [4.69, 9.17) is 28.6 Å². The van der Waals surface area contributed by atoms with Crippen molar-refractivity contribution in [3.8, 4) is 22.5 Å². The predicted octanol–water partition coefficient (Wildman–Crippen LogP) is 7.54. The zero-order valence-corrected chi connectivity index (χ0v) is 34.5. The molecule has 0 spiro atoms. The molecule has 310 valence electrons. The van der Waals surface area contributed by atoms with Crippen LogP contribution in [0.1, 0.15) is 61.5 Å². The summed E-state index contributed by atoms with van der Waals surface area (Å²) < 4.78 is 23.8. The Kier molecular flexibility index (Phi) is 11.0. The van der Waals surface area contributed by atoms with Crippen LogP contribution in [-0.4, -0.2) is 54.2 Å². The maximum absolute atomic E-state index is 13.9. The van der Waals surface area contributed by atoms with Crippen molar-refractivity contribution in [1.82, 2.24) is 30.4 Å². The Morgan fingerprint density at radius 1 is 0.803 bits per heavy atom. The fourth-order valence-electron chi connectivity index (χ4n) is 8.08. The van der Waals surface area contributed by atoms with Gasteiger partial charge in [-0.25, -0.2) is 14.3 Å². The van der Waals surface area contributed by atoms with Crippen LogP contribution in [0.2, 0.25) is 0 Å². The van der Waals surface area contributed by atoms with Gasteiger partial charge in [-0.15, -0.1) is 5.10 Å². The number of hydrogen-bond donors (Lipinski definition) is 2. The number of nitrogens with one attached hydrogen (secondary N) is 1. The fraction of sp³-hybridized carbons (Fsp3) is 0.229. The summed E-state index contributed by atoms with van der Waals surface area (Å²) in [6.45, 7) is 8.48. The molecular formula is C48H46N6O7. The molecule has 2 aromatic heterocycles. The van der Waals surface area contributed by atoms with E-state index < -0.39 is 28.8 Å². The van der Waals surface area contributed by atoms with Gasteiger partial charge in [0, 0.05) is 25.6 Å². The highest BCUT2D eigenvalue weighted by Gasteiger charge is 2.49. The van der Waals surface area contributed by atoms with Crippen LogP contribution in [0, 0.1) is 6.92 Å². The Labute approximate surface area is 352 Å². The molecule has 13 nitrogen and oxygen atoms in total. The zero-order valence-electron chi connectivity index (χ0n) is 34.5. The molecule has 1 unspecified atom stereocenters. The zero-order chi connectivity index (χ0) is 42.8. The largest absolute Gasteiger partial charge is 0.519 e. The van der Waals surface area contributed by atoms with Crippen LogP contribution < -0.4 is 11.1 Å². The van der Waals surface area contributed by atoms with E-state index in [1.807, 2.05) is 115 Å². The quantitative estimate of drug-likeness (QED) is 0.0822. The lowest BCUT2D eigenvalue weighted by Crippen LogP contribution is -2.53. The maximum atomic E-state index is 13.9. The Morgan fingerprint density at radius 3 is 1.89 bits per heavy atom. The predicted molar refractivity (Wildman–Crippen MR) is 227 cm³/mol. The minimum Gasteiger partial charge on any atom is -0.453 e. The first-order chi connectivity index (χ1) is 29.4. The van der Waals surface area contributed by atoms with Crippen LogP contribution in [0.5, 0.6) is 0 Å². The van der Waals surface area contributed by atoms with Crippen molar-refractivity contribution < 1.29 is 28.2 Å². The van der Waals surface area contributed by atoms with Crippen LogP contribution in [0.15, 0.2) is 165 Å². The molecule has 1 aliphatic rings. The van der Waals surface area contributed by atoms with Gasteiger partial charge in [0.15, 0.2) is 24.0 Å². The van der Waals surface area contributed by atoms with Crippen molar-refractivity contribution in [1.29, 1.82) is 0 Å². The number of aliphatic hydroxyl groups is 1. The second kappa shape index (κ2) is 16.5. The van der Waals surface area contributed by atoms with Gasteiger partial charge in [0.2, 0.25) is 5.85 Å². The van der Waals surface area contributed by atoms with Crippen molar-refractivity contribution >= 4 is 5.97 Å². The van der Waals surface area contributed by atoms with Crippen LogP contribution in [0.3, 0.4) is 0 Å². The van der Waals surface area contributed by atoms with E-state index in [0.29, 0.717) is 12.4 Å². The SMILES string of the molecule is CCOC1(C)NC(C(C)(C)O)=C(C(=O)OCc2oc(=O)oc2C)N1Cc1ccc(-c2ccccc2-c2nnnn2C(c2ccccc2)(c2ccccc2)c2ccccc2)cc1. The molecule has 7 aromatic rings. The normalized spacial score (nSPS) is 15.5. The summed E-state index contributed by atoms with van der Waals surface area (Å²) in [5.74, 6) is -2.01. The molecule has 0 aliphatic carbocycles. The lowest BCUT2D eigenvalue weighted by atomic mass is 9.77. The number of nitrogens with zero attached hydrogens (tertiary/aromatic N) is 5. The van der Waals surface area contributed by atoms with Gasteiger partial charge in [-0.05, 0) is 71.5 Å². The molecule has 61 heavy (non-hydrogen) atoms. The molecule has 1 aliphatic heterocycles. The number of aromatic nitrogens is 4. The van der Waals surface area contributed by atoms with E-state index in [1.165, 1.54) is 0 Å².